The Morgan fingerprint density at radius 3 is 2.60 bits per heavy atom. The molecule has 0 fully saturated rings. The molecule has 1 aromatic carbocycles. The predicted molar refractivity (Wildman–Crippen MR) is 71.4 cm³/mol. The molecule has 2 aromatic rings. The topological polar surface area (TPSA) is 72.6 Å². The van der Waals surface area contributed by atoms with E-state index in [0.717, 1.165) is 5.69 Å². The number of carbonyl (C=O) groups is 2. The molecule has 0 aliphatic carbocycles. The first-order valence-corrected chi connectivity index (χ1v) is 6.00. The Morgan fingerprint density at radius 2 is 2.00 bits per heavy atom. The lowest BCUT2D eigenvalue weighted by Crippen LogP contribution is -2.31. The molecule has 0 unspecified atom stereocenters. The van der Waals surface area contributed by atoms with Crippen LogP contribution in [-0.4, -0.2) is 30.7 Å². The van der Waals surface area contributed by atoms with E-state index >= 15 is 0 Å². The van der Waals surface area contributed by atoms with Gasteiger partial charge in [-0.15, -0.1) is 0 Å². The SMILES string of the molecule is Cc1cc(C(=O)OCC(=O)N(C)c2ccccc2)on1. The Morgan fingerprint density at radius 1 is 1.30 bits per heavy atom. The van der Waals surface area contributed by atoms with E-state index in [1.165, 1.54) is 11.0 Å². The fraction of sp³-hybridized carbons (Fsp3) is 0.214. The van der Waals surface area contributed by atoms with Crippen LogP contribution in [0.15, 0.2) is 40.9 Å². The Hall–Kier alpha value is -2.63. The number of hydrogen-bond donors (Lipinski definition) is 0. The van der Waals surface area contributed by atoms with Crippen LogP contribution in [0.2, 0.25) is 0 Å². The number of para-hydroxylation sites is 1. The van der Waals surface area contributed by atoms with Crippen molar-refractivity contribution in [2.75, 3.05) is 18.6 Å². The lowest BCUT2D eigenvalue weighted by molar-refractivity contribution is -0.121. The van der Waals surface area contributed by atoms with Gasteiger partial charge in [0, 0.05) is 18.8 Å². The third kappa shape index (κ3) is 3.23. The minimum atomic E-state index is -0.708. The molecule has 2 rings (SSSR count). The van der Waals surface area contributed by atoms with E-state index < -0.39 is 5.97 Å². The lowest BCUT2D eigenvalue weighted by atomic mass is 10.3. The molecular formula is C14H14N2O4. The molecule has 104 valence electrons. The van der Waals surface area contributed by atoms with Crippen LogP contribution >= 0.6 is 0 Å². The second-order valence-electron chi connectivity index (χ2n) is 4.20. The summed E-state index contributed by atoms with van der Waals surface area (Å²) in [6.45, 7) is 1.33. The van der Waals surface area contributed by atoms with Gasteiger partial charge in [0.2, 0.25) is 5.76 Å². The molecular weight excluding hydrogens is 260 g/mol. The minimum absolute atomic E-state index is 0.0161. The summed E-state index contributed by atoms with van der Waals surface area (Å²) in [5, 5.41) is 3.58. The molecule has 1 heterocycles. The summed E-state index contributed by atoms with van der Waals surface area (Å²) >= 11 is 0. The standard InChI is InChI=1S/C14H14N2O4/c1-10-8-12(20-15-10)14(18)19-9-13(17)16(2)11-6-4-3-5-7-11/h3-8H,9H2,1-2H3. The maximum absolute atomic E-state index is 11.9. The molecule has 0 aliphatic heterocycles. The smallest absolute Gasteiger partial charge is 0.377 e. The molecule has 1 aromatic heterocycles. The number of likely N-dealkylation sites (N-methyl/N-ethyl adjacent to an activating group) is 1. The quantitative estimate of drug-likeness (QED) is 0.795. The van der Waals surface area contributed by atoms with Gasteiger partial charge in [0.25, 0.3) is 5.91 Å². The van der Waals surface area contributed by atoms with E-state index in [-0.39, 0.29) is 18.3 Å². The average molecular weight is 274 g/mol. The molecule has 0 saturated carbocycles. The third-order valence-electron chi connectivity index (χ3n) is 2.67. The monoisotopic (exact) mass is 274 g/mol. The van der Waals surface area contributed by atoms with Crippen molar-refractivity contribution in [3.8, 4) is 0 Å². The van der Waals surface area contributed by atoms with Gasteiger partial charge in [-0.05, 0) is 19.1 Å². The van der Waals surface area contributed by atoms with Gasteiger partial charge in [-0.25, -0.2) is 4.79 Å². The van der Waals surface area contributed by atoms with Crippen LogP contribution in [0.25, 0.3) is 0 Å². The van der Waals surface area contributed by atoms with Crippen LogP contribution in [0.5, 0.6) is 0 Å². The summed E-state index contributed by atoms with van der Waals surface area (Å²) in [6, 6.07) is 10.5. The van der Waals surface area contributed by atoms with E-state index in [1.807, 2.05) is 18.2 Å². The second kappa shape index (κ2) is 6.01. The van der Waals surface area contributed by atoms with Crippen molar-refractivity contribution in [1.29, 1.82) is 0 Å². The maximum atomic E-state index is 11.9. The molecule has 6 nitrogen and oxygen atoms in total. The summed E-state index contributed by atoms with van der Waals surface area (Å²) in [6.07, 6.45) is 0. The van der Waals surface area contributed by atoms with Crippen molar-refractivity contribution in [1.82, 2.24) is 5.16 Å². The second-order valence-corrected chi connectivity index (χ2v) is 4.20. The first-order chi connectivity index (χ1) is 9.58. The van der Waals surface area contributed by atoms with Gasteiger partial charge in [0.15, 0.2) is 6.61 Å². The molecule has 1 amide bonds. The summed E-state index contributed by atoms with van der Waals surface area (Å²) in [5.74, 6) is -1.06. The zero-order chi connectivity index (χ0) is 14.5. The van der Waals surface area contributed by atoms with Gasteiger partial charge in [-0.3, -0.25) is 4.79 Å². The number of aromatic nitrogens is 1. The van der Waals surface area contributed by atoms with Crippen LogP contribution in [0.1, 0.15) is 16.2 Å². The maximum Gasteiger partial charge on any atom is 0.377 e. The molecule has 0 saturated heterocycles. The van der Waals surface area contributed by atoms with Crippen LogP contribution in [0, 0.1) is 6.92 Å². The molecule has 0 aliphatic rings. The molecule has 0 spiro atoms. The lowest BCUT2D eigenvalue weighted by Gasteiger charge is -2.16. The van der Waals surface area contributed by atoms with E-state index in [0.29, 0.717) is 5.69 Å². The molecule has 0 N–H and O–H groups in total. The minimum Gasteiger partial charge on any atom is -0.450 e. The van der Waals surface area contributed by atoms with Gasteiger partial charge >= 0.3 is 5.97 Å². The van der Waals surface area contributed by atoms with Crippen molar-refractivity contribution in [3.63, 3.8) is 0 Å². The van der Waals surface area contributed by atoms with Gasteiger partial charge in [0.05, 0.1) is 5.69 Å². The number of anilines is 1. The fourth-order valence-corrected chi connectivity index (χ4v) is 1.55. The van der Waals surface area contributed by atoms with Crippen LogP contribution in [0.3, 0.4) is 0 Å². The highest BCUT2D eigenvalue weighted by Crippen LogP contribution is 2.11. The highest BCUT2D eigenvalue weighted by Gasteiger charge is 2.17. The number of rotatable bonds is 4. The highest BCUT2D eigenvalue weighted by molar-refractivity contribution is 5.96. The number of benzene rings is 1. The Balaban J connectivity index is 1.91. The number of hydrogen-bond acceptors (Lipinski definition) is 5. The van der Waals surface area contributed by atoms with Gasteiger partial charge in [0.1, 0.15) is 0 Å². The van der Waals surface area contributed by atoms with Crippen molar-refractivity contribution < 1.29 is 18.8 Å². The first-order valence-electron chi connectivity index (χ1n) is 6.00. The zero-order valence-electron chi connectivity index (χ0n) is 11.2. The average Bonchev–Trinajstić information content (AvgIpc) is 2.91. The Bertz CT molecular complexity index is 607. The van der Waals surface area contributed by atoms with Crippen molar-refractivity contribution in [2.45, 2.75) is 6.92 Å². The summed E-state index contributed by atoms with van der Waals surface area (Å²) in [5.41, 5.74) is 1.30. The van der Waals surface area contributed by atoms with Crippen molar-refractivity contribution >= 4 is 17.6 Å². The van der Waals surface area contributed by atoms with Crippen LogP contribution < -0.4 is 4.90 Å². The Labute approximate surface area is 115 Å². The first kappa shape index (κ1) is 13.8. The normalized spacial score (nSPS) is 10.1. The summed E-state index contributed by atoms with van der Waals surface area (Å²) in [7, 11) is 1.62. The molecule has 20 heavy (non-hydrogen) atoms. The van der Waals surface area contributed by atoms with Crippen molar-refractivity contribution in [3.05, 3.63) is 47.9 Å². The third-order valence-corrected chi connectivity index (χ3v) is 2.67. The van der Waals surface area contributed by atoms with Crippen molar-refractivity contribution in [2.24, 2.45) is 0 Å². The molecule has 0 atom stereocenters. The van der Waals surface area contributed by atoms with E-state index in [4.69, 9.17) is 9.26 Å². The molecule has 6 heteroatoms. The number of esters is 1. The largest absolute Gasteiger partial charge is 0.450 e. The number of carbonyl (C=O) groups excluding carboxylic acids is 2. The number of ether oxygens (including phenoxy) is 1. The van der Waals surface area contributed by atoms with Gasteiger partial charge in [-0.1, -0.05) is 23.4 Å². The molecule has 0 radical (unpaired) electrons. The number of amides is 1. The zero-order valence-corrected chi connectivity index (χ0v) is 11.2. The Kier molecular flexibility index (Phi) is 4.14. The van der Waals surface area contributed by atoms with Gasteiger partial charge < -0.3 is 14.2 Å². The number of aryl methyl sites for hydroxylation is 1. The highest BCUT2D eigenvalue weighted by atomic mass is 16.6. The van der Waals surface area contributed by atoms with E-state index in [2.05, 4.69) is 5.16 Å². The van der Waals surface area contributed by atoms with Crippen LogP contribution in [-0.2, 0) is 9.53 Å². The molecule has 0 bridgehead atoms. The van der Waals surface area contributed by atoms with Gasteiger partial charge in [-0.2, -0.15) is 0 Å². The van der Waals surface area contributed by atoms with Crippen LogP contribution in [0.4, 0.5) is 5.69 Å². The van der Waals surface area contributed by atoms with E-state index in [9.17, 15) is 9.59 Å². The number of nitrogens with zero attached hydrogens (tertiary/aromatic N) is 2. The summed E-state index contributed by atoms with van der Waals surface area (Å²) < 4.78 is 9.64. The summed E-state index contributed by atoms with van der Waals surface area (Å²) in [4.78, 5) is 24.9. The fourth-order valence-electron chi connectivity index (χ4n) is 1.55. The predicted octanol–water partition coefficient (Wildman–Crippen LogP) is 1.80. The van der Waals surface area contributed by atoms with E-state index in [1.54, 1.807) is 26.1 Å².